The number of unbranched alkanes of at least 4 members (excludes halogenated alkanes) is 26. The van der Waals surface area contributed by atoms with Crippen molar-refractivity contribution in [2.24, 2.45) is 0 Å². The molecule has 6 nitrogen and oxygen atoms in total. The molecule has 71 heavy (non-hydrogen) atoms. The van der Waals surface area contributed by atoms with Crippen molar-refractivity contribution < 1.29 is 28.6 Å². The van der Waals surface area contributed by atoms with E-state index < -0.39 is 6.10 Å². The van der Waals surface area contributed by atoms with Crippen LogP contribution in [-0.4, -0.2) is 37.2 Å². The van der Waals surface area contributed by atoms with E-state index in [1.807, 2.05) is 0 Å². The van der Waals surface area contributed by atoms with Gasteiger partial charge in [-0.15, -0.1) is 0 Å². The fourth-order valence-electron chi connectivity index (χ4n) is 8.13. The molecule has 0 aromatic rings. The van der Waals surface area contributed by atoms with E-state index in [2.05, 4.69) is 118 Å². The molecular weight excluding hydrogens is 877 g/mol. The van der Waals surface area contributed by atoms with Gasteiger partial charge in [-0.2, -0.15) is 0 Å². The Balaban J connectivity index is 4.36. The number of hydrogen-bond donors (Lipinski definition) is 0. The van der Waals surface area contributed by atoms with Crippen LogP contribution in [0.3, 0.4) is 0 Å². The second-order valence-corrected chi connectivity index (χ2v) is 19.5. The molecule has 1 atom stereocenters. The van der Waals surface area contributed by atoms with Gasteiger partial charge in [-0.1, -0.05) is 259 Å². The van der Waals surface area contributed by atoms with Crippen LogP contribution in [0.1, 0.15) is 278 Å². The lowest BCUT2D eigenvalue weighted by atomic mass is 10.1. The summed E-state index contributed by atoms with van der Waals surface area (Å²) in [6.45, 7) is 6.47. The van der Waals surface area contributed by atoms with E-state index in [0.717, 1.165) is 89.9 Å². The largest absolute Gasteiger partial charge is 0.462 e. The fraction of sp³-hybridized carbons (Fsp3) is 0.708. The van der Waals surface area contributed by atoms with Crippen molar-refractivity contribution in [3.05, 3.63) is 97.2 Å². The first-order chi connectivity index (χ1) is 35.0. The van der Waals surface area contributed by atoms with Crippen LogP contribution in [0.4, 0.5) is 0 Å². The molecule has 0 spiro atoms. The maximum Gasteiger partial charge on any atom is 0.306 e. The van der Waals surface area contributed by atoms with Gasteiger partial charge < -0.3 is 14.2 Å². The smallest absolute Gasteiger partial charge is 0.306 e. The molecule has 0 rings (SSSR count). The van der Waals surface area contributed by atoms with Crippen molar-refractivity contribution in [1.29, 1.82) is 0 Å². The standard InChI is InChI=1S/C65H110O6/c1-4-7-10-13-16-19-22-24-26-28-29-30-31-32-33-34-35-37-38-40-43-46-49-52-55-58-64(67)70-61-62(60-69-63(66)57-54-51-48-45-42-21-18-15-12-9-6-3)71-65(68)59-56-53-50-47-44-41-39-36-27-25-23-20-17-14-11-8-5-2/h8,11,17,20,22,24-25,27-29,31-32,39,41,47,50,62H,4-7,9-10,12-16,18-19,21,23,26,30,33-38,40,42-46,48-49,51-61H2,1-3H3/b11-8-,20-17-,24-22-,27-25-,29-28-,32-31-,41-39-,50-47-. The number of rotatable bonds is 53. The van der Waals surface area contributed by atoms with Crippen molar-refractivity contribution in [2.75, 3.05) is 13.2 Å². The predicted molar refractivity (Wildman–Crippen MR) is 307 cm³/mol. The highest BCUT2D eigenvalue weighted by Gasteiger charge is 2.19. The number of esters is 3. The van der Waals surface area contributed by atoms with Gasteiger partial charge in [0.05, 0.1) is 0 Å². The van der Waals surface area contributed by atoms with Gasteiger partial charge in [-0.05, 0) is 96.3 Å². The van der Waals surface area contributed by atoms with Crippen LogP contribution in [0.5, 0.6) is 0 Å². The Hall–Kier alpha value is -3.67. The molecule has 0 heterocycles. The molecule has 0 amide bonds. The maximum absolute atomic E-state index is 12.8. The number of allylic oxidation sites excluding steroid dienone is 16. The summed E-state index contributed by atoms with van der Waals surface area (Å²) in [6, 6.07) is 0. The summed E-state index contributed by atoms with van der Waals surface area (Å²) in [4.78, 5) is 38.1. The molecular formula is C65H110O6. The molecule has 6 heteroatoms. The SMILES string of the molecule is CC/C=C\C/C=C\C/C=C\C/C=C\C/C=C\CCCC(=O)OC(COC(=O)CCCCCCCCCCCCC)COC(=O)CCCCCCCCCCCC/C=C\C/C=C\C/C=C\CCCCCCC. The van der Waals surface area contributed by atoms with Crippen molar-refractivity contribution >= 4 is 17.9 Å². The molecule has 1 unspecified atom stereocenters. The first-order valence-corrected chi connectivity index (χ1v) is 29.7. The van der Waals surface area contributed by atoms with Crippen LogP contribution < -0.4 is 0 Å². The normalized spacial score (nSPS) is 12.8. The first kappa shape index (κ1) is 67.3. The highest BCUT2D eigenvalue weighted by Crippen LogP contribution is 2.15. The monoisotopic (exact) mass is 987 g/mol. The maximum atomic E-state index is 12.8. The lowest BCUT2D eigenvalue weighted by Gasteiger charge is -2.18. The first-order valence-electron chi connectivity index (χ1n) is 29.7. The Morgan fingerprint density at radius 1 is 0.296 bits per heavy atom. The van der Waals surface area contributed by atoms with E-state index in [1.165, 1.54) is 141 Å². The molecule has 0 aromatic carbocycles. The van der Waals surface area contributed by atoms with Gasteiger partial charge in [0, 0.05) is 19.3 Å². The summed E-state index contributed by atoms with van der Waals surface area (Å²) in [6.07, 6.45) is 78.4. The second-order valence-electron chi connectivity index (χ2n) is 19.5. The molecule has 0 N–H and O–H groups in total. The minimum absolute atomic E-state index is 0.0999. The Morgan fingerprint density at radius 2 is 0.563 bits per heavy atom. The third-order valence-electron chi connectivity index (χ3n) is 12.6. The summed E-state index contributed by atoms with van der Waals surface area (Å²) in [5, 5.41) is 0. The number of ether oxygens (including phenoxy) is 3. The van der Waals surface area contributed by atoms with Crippen LogP contribution in [0.15, 0.2) is 97.2 Å². The summed E-state index contributed by atoms with van der Waals surface area (Å²) in [5.74, 6) is -0.959. The average molecular weight is 988 g/mol. The van der Waals surface area contributed by atoms with E-state index in [9.17, 15) is 14.4 Å². The van der Waals surface area contributed by atoms with Crippen LogP contribution >= 0.6 is 0 Å². The van der Waals surface area contributed by atoms with E-state index >= 15 is 0 Å². The van der Waals surface area contributed by atoms with Crippen molar-refractivity contribution in [3.63, 3.8) is 0 Å². The molecule has 0 aliphatic rings. The Bertz CT molecular complexity index is 1410. The predicted octanol–water partition coefficient (Wildman–Crippen LogP) is 20.1. The average Bonchev–Trinajstić information content (AvgIpc) is 3.37. The van der Waals surface area contributed by atoms with E-state index in [0.29, 0.717) is 19.3 Å². The van der Waals surface area contributed by atoms with Gasteiger partial charge >= 0.3 is 17.9 Å². The molecule has 0 saturated heterocycles. The molecule has 0 fully saturated rings. The third-order valence-corrected chi connectivity index (χ3v) is 12.6. The highest BCUT2D eigenvalue weighted by atomic mass is 16.6. The van der Waals surface area contributed by atoms with Crippen LogP contribution in [0, 0.1) is 0 Å². The minimum atomic E-state index is -0.808. The van der Waals surface area contributed by atoms with Gasteiger partial charge in [0.25, 0.3) is 0 Å². The molecule has 0 aliphatic carbocycles. The number of carbonyl (C=O) groups excluding carboxylic acids is 3. The van der Waals surface area contributed by atoms with Gasteiger partial charge in [0.2, 0.25) is 0 Å². The summed E-state index contributed by atoms with van der Waals surface area (Å²) in [7, 11) is 0. The molecule has 0 aromatic heterocycles. The second kappa shape index (κ2) is 58.9. The van der Waals surface area contributed by atoms with Gasteiger partial charge in [-0.25, -0.2) is 0 Å². The molecule has 0 bridgehead atoms. The summed E-state index contributed by atoms with van der Waals surface area (Å²) in [5.41, 5.74) is 0. The Kier molecular flexibility index (Phi) is 55.9. The Morgan fingerprint density at radius 3 is 0.901 bits per heavy atom. The van der Waals surface area contributed by atoms with Crippen molar-refractivity contribution in [1.82, 2.24) is 0 Å². The minimum Gasteiger partial charge on any atom is -0.462 e. The molecule has 406 valence electrons. The summed E-state index contributed by atoms with van der Waals surface area (Å²) >= 11 is 0. The van der Waals surface area contributed by atoms with Crippen LogP contribution in [0.25, 0.3) is 0 Å². The van der Waals surface area contributed by atoms with Crippen molar-refractivity contribution in [2.45, 2.75) is 284 Å². The summed E-state index contributed by atoms with van der Waals surface area (Å²) < 4.78 is 16.8. The van der Waals surface area contributed by atoms with Gasteiger partial charge in [0.15, 0.2) is 6.10 Å². The lowest BCUT2D eigenvalue weighted by Crippen LogP contribution is -2.30. The molecule has 0 aliphatic heterocycles. The van der Waals surface area contributed by atoms with E-state index in [-0.39, 0.29) is 37.5 Å². The Labute approximate surface area is 438 Å². The highest BCUT2D eigenvalue weighted by molar-refractivity contribution is 5.71. The third kappa shape index (κ3) is 57.1. The van der Waals surface area contributed by atoms with Gasteiger partial charge in [0.1, 0.15) is 13.2 Å². The van der Waals surface area contributed by atoms with Crippen LogP contribution in [0.2, 0.25) is 0 Å². The van der Waals surface area contributed by atoms with Gasteiger partial charge in [-0.3, -0.25) is 14.4 Å². The zero-order valence-electron chi connectivity index (χ0n) is 46.5. The van der Waals surface area contributed by atoms with E-state index in [1.54, 1.807) is 0 Å². The fourth-order valence-corrected chi connectivity index (χ4v) is 8.13. The number of hydrogen-bond acceptors (Lipinski definition) is 6. The van der Waals surface area contributed by atoms with E-state index in [4.69, 9.17) is 14.2 Å². The van der Waals surface area contributed by atoms with Crippen molar-refractivity contribution in [3.8, 4) is 0 Å². The molecule has 0 radical (unpaired) electrons. The molecule has 0 saturated carbocycles. The quantitative estimate of drug-likeness (QED) is 0.0261. The zero-order valence-corrected chi connectivity index (χ0v) is 46.5. The zero-order chi connectivity index (χ0) is 51.4. The lowest BCUT2D eigenvalue weighted by molar-refractivity contribution is -0.167. The topological polar surface area (TPSA) is 78.9 Å². The van der Waals surface area contributed by atoms with Crippen LogP contribution in [-0.2, 0) is 28.6 Å². The number of carbonyl (C=O) groups is 3.